The van der Waals surface area contributed by atoms with Crippen molar-refractivity contribution in [2.24, 2.45) is 5.92 Å². The van der Waals surface area contributed by atoms with E-state index in [9.17, 15) is 9.59 Å². The Morgan fingerprint density at radius 3 is 2.37 bits per heavy atom. The second-order valence-electron chi connectivity index (χ2n) is 5.85. The highest BCUT2D eigenvalue weighted by Gasteiger charge is 2.33. The number of hydrogen-bond acceptors (Lipinski definition) is 3. The Hall–Kier alpha value is -1.06. The maximum atomic E-state index is 12.4. The summed E-state index contributed by atoms with van der Waals surface area (Å²) in [6.45, 7) is 0.531. The van der Waals surface area contributed by atoms with Gasteiger partial charge in [-0.2, -0.15) is 0 Å². The van der Waals surface area contributed by atoms with Crippen molar-refractivity contribution in [1.29, 1.82) is 0 Å². The van der Waals surface area contributed by atoms with Gasteiger partial charge in [-0.25, -0.2) is 0 Å². The minimum atomic E-state index is -0.226. The van der Waals surface area contributed by atoms with E-state index in [2.05, 4.69) is 4.74 Å². The van der Waals surface area contributed by atoms with E-state index >= 15 is 0 Å². The van der Waals surface area contributed by atoms with Gasteiger partial charge in [-0.1, -0.05) is 19.3 Å². The lowest BCUT2D eigenvalue weighted by molar-refractivity contribution is -0.142. The van der Waals surface area contributed by atoms with Gasteiger partial charge in [0.05, 0.1) is 13.5 Å². The number of rotatable bonds is 6. The van der Waals surface area contributed by atoms with Crippen molar-refractivity contribution in [1.82, 2.24) is 4.90 Å². The third kappa shape index (κ3) is 4.51. The van der Waals surface area contributed by atoms with Gasteiger partial charge in [-0.15, -0.1) is 0 Å². The summed E-state index contributed by atoms with van der Waals surface area (Å²) in [4.78, 5) is 25.5. The third-order valence-corrected chi connectivity index (χ3v) is 4.28. The maximum absolute atomic E-state index is 12.4. The van der Waals surface area contributed by atoms with Crippen LogP contribution in [0.15, 0.2) is 0 Å². The van der Waals surface area contributed by atoms with Gasteiger partial charge < -0.3 is 9.64 Å². The first-order valence-electron chi connectivity index (χ1n) is 7.57. The van der Waals surface area contributed by atoms with E-state index in [1.165, 1.54) is 39.2 Å². The Morgan fingerprint density at radius 2 is 1.79 bits per heavy atom. The first kappa shape index (κ1) is 14.4. The Kier molecular flexibility index (Phi) is 5.23. The lowest BCUT2D eigenvalue weighted by Crippen LogP contribution is -2.36. The molecule has 2 aliphatic carbocycles. The van der Waals surface area contributed by atoms with Crippen LogP contribution in [0.4, 0.5) is 0 Å². The molecule has 4 heteroatoms. The molecular formula is C15H25NO3. The summed E-state index contributed by atoms with van der Waals surface area (Å²) in [6, 6.07) is 0.390. The first-order valence-corrected chi connectivity index (χ1v) is 7.57. The molecule has 0 spiro atoms. The standard InChI is InChI=1S/C15H25NO3/c1-19-15(18)9-10-16(13-7-8-13)14(17)11-12-5-3-2-4-6-12/h12-13H,2-11H2,1H3. The molecule has 0 aromatic rings. The van der Waals surface area contributed by atoms with Crippen LogP contribution in [-0.4, -0.2) is 36.5 Å². The van der Waals surface area contributed by atoms with Crippen molar-refractivity contribution >= 4 is 11.9 Å². The second-order valence-corrected chi connectivity index (χ2v) is 5.85. The molecule has 2 saturated carbocycles. The Bertz CT molecular complexity index is 319. The molecule has 108 valence electrons. The molecule has 0 bridgehead atoms. The largest absolute Gasteiger partial charge is 0.469 e. The zero-order valence-corrected chi connectivity index (χ0v) is 11.9. The van der Waals surface area contributed by atoms with Crippen LogP contribution < -0.4 is 0 Å². The van der Waals surface area contributed by atoms with E-state index < -0.39 is 0 Å². The summed E-state index contributed by atoms with van der Waals surface area (Å²) in [6.07, 6.45) is 9.44. The monoisotopic (exact) mass is 267 g/mol. The van der Waals surface area contributed by atoms with Crippen molar-refractivity contribution in [3.8, 4) is 0 Å². The zero-order chi connectivity index (χ0) is 13.7. The number of carbonyl (C=O) groups is 2. The maximum Gasteiger partial charge on any atom is 0.307 e. The van der Waals surface area contributed by atoms with Gasteiger partial charge in [0, 0.05) is 19.0 Å². The molecule has 0 aliphatic heterocycles. The average Bonchev–Trinajstić information content (AvgIpc) is 3.24. The molecule has 0 radical (unpaired) electrons. The number of carbonyl (C=O) groups excluding carboxylic acids is 2. The Morgan fingerprint density at radius 1 is 1.11 bits per heavy atom. The van der Waals surface area contributed by atoms with E-state index in [4.69, 9.17) is 0 Å². The van der Waals surface area contributed by atoms with Gasteiger partial charge in [-0.3, -0.25) is 9.59 Å². The molecule has 0 aromatic heterocycles. The number of hydrogen-bond donors (Lipinski definition) is 0. The van der Waals surface area contributed by atoms with Gasteiger partial charge in [0.25, 0.3) is 0 Å². The summed E-state index contributed by atoms with van der Waals surface area (Å²) in [5, 5.41) is 0. The van der Waals surface area contributed by atoms with E-state index in [1.807, 2.05) is 4.90 Å². The van der Waals surface area contributed by atoms with Crippen LogP contribution in [-0.2, 0) is 14.3 Å². The predicted octanol–water partition coefficient (Wildman–Crippen LogP) is 2.51. The van der Waals surface area contributed by atoms with E-state index in [0.717, 1.165) is 12.8 Å². The highest BCUT2D eigenvalue weighted by Crippen LogP contribution is 2.31. The number of esters is 1. The van der Waals surface area contributed by atoms with Crippen LogP contribution in [0, 0.1) is 5.92 Å². The smallest absolute Gasteiger partial charge is 0.307 e. The van der Waals surface area contributed by atoms with E-state index in [1.54, 1.807) is 0 Å². The lowest BCUT2D eigenvalue weighted by Gasteiger charge is -2.26. The van der Waals surface area contributed by atoms with Gasteiger partial charge in [0.2, 0.25) is 5.91 Å². The fourth-order valence-electron chi connectivity index (χ4n) is 2.97. The van der Waals surface area contributed by atoms with Crippen LogP contribution in [0.5, 0.6) is 0 Å². The Balaban J connectivity index is 1.80. The third-order valence-electron chi connectivity index (χ3n) is 4.28. The predicted molar refractivity (Wildman–Crippen MR) is 72.6 cm³/mol. The molecule has 0 atom stereocenters. The molecule has 0 N–H and O–H groups in total. The normalized spacial score (nSPS) is 20.1. The molecule has 2 aliphatic rings. The minimum Gasteiger partial charge on any atom is -0.469 e. The van der Waals surface area contributed by atoms with Crippen LogP contribution in [0.2, 0.25) is 0 Å². The lowest BCUT2D eigenvalue weighted by atomic mass is 9.86. The van der Waals surface area contributed by atoms with Gasteiger partial charge >= 0.3 is 5.97 Å². The number of ether oxygens (including phenoxy) is 1. The van der Waals surface area contributed by atoms with Crippen molar-refractivity contribution in [3.05, 3.63) is 0 Å². The fraction of sp³-hybridized carbons (Fsp3) is 0.867. The van der Waals surface area contributed by atoms with Crippen molar-refractivity contribution in [3.63, 3.8) is 0 Å². The van der Waals surface area contributed by atoms with Crippen LogP contribution in [0.1, 0.15) is 57.8 Å². The first-order chi connectivity index (χ1) is 9.20. The van der Waals surface area contributed by atoms with E-state index in [-0.39, 0.29) is 11.9 Å². The van der Waals surface area contributed by atoms with E-state index in [0.29, 0.717) is 31.3 Å². The van der Waals surface area contributed by atoms with Crippen molar-refractivity contribution < 1.29 is 14.3 Å². The van der Waals surface area contributed by atoms with Gasteiger partial charge in [-0.05, 0) is 31.6 Å². The molecule has 2 fully saturated rings. The van der Waals surface area contributed by atoms with Crippen LogP contribution >= 0.6 is 0 Å². The molecular weight excluding hydrogens is 242 g/mol. The zero-order valence-electron chi connectivity index (χ0n) is 11.9. The van der Waals surface area contributed by atoms with Crippen LogP contribution in [0.3, 0.4) is 0 Å². The minimum absolute atomic E-state index is 0.226. The number of amides is 1. The molecule has 0 saturated heterocycles. The molecule has 0 aromatic carbocycles. The molecule has 2 rings (SSSR count). The van der Waals surface area contributed by atoms with Gasteiger partial charge in [0.1, 0.15) is 0 Å². The molecule has 1 amide bonds. The molecule has 0 heterocycles. The van der Waals surface area contributed by atoms with Crippen molar-refractivity contribution in [2.45, 2.75) is 63.8 Å². The van der Waals surface area contributed by atoms with Gasteiger partial charge in [0.15, 0.2) is 0 Å². The SMILES string of the molecule is COC(=O)CCN(C(=O)CC1CCCCC1)C1CC1. The fourth-order valence-corrected chi connectivity index (χ4v) is 2.97. The van der Waals surface area contributed by atoms with Crippen LogP contribution in [0.25, 0.3) is 0 Å². The number of methoxy groups -OCH3 is 1. The molecule has 19 heavy (non-hydrogen) atoms. The highest BCUT2D eigenvalue weighted by molar-refractivity contribution is 5.78. The summed E-state index contributed by atoms with van der Waals surface area (Å²) < 4.78 is 4.65. The Labute approximate surface area is 115 Å². The highest BCUT2D eigenvalue weighted by atomic mass is 16.5. The quantitative estimate of drug-likeness (QED) is 0.695. The topological polar surface area (TPSA) is 46.6 Å². The second kappa shape index (κ2) is 6.92. The summed E-state index contributed by atoms with van der Waals surface area (Å²) in [5.41, 5.74) is 0. The molecule has 4 nitrogen and oxygen atoms in total. The summed E-state index contributed by atoms with van der Waals surface area (Å²) >= 11 is 0. The summed E-state index contributed by atoms with van der Waals surface area (Å²) in [5.74, 6) is 0.593. The van der Waals surface area contributed by atoms with Crippen molar-refractivity contribution in [2.75, 3.05) is 13.7 Å². The number of nitrogens with zero attached hydrogens (tertiary/aromatic N) is 1. The molecule has 0 unspecified atom stereocenters. The summed E-state index contributed by atoms with van der Waals surface area (Å²) in [7, 11) is 1.40. The average molecular weight is 267 g/mol.